The minimum atomic E-state index is -0.604. The summed E-state index contributed by atoms with van der Waals surface area (Å²) in [6.07, 6.45) is 0. The average molecular weight is 414 g/mol. The zero-order valence-electron chi connectivity index (χ0n) is 16.5. The predicted octanol–water partition coefficient (Wildman–Crippen LogP) is 4.51. The first-order valence-corrected chi connectivity index (χ1v) is 9.73. The van der Waals surface area contributed by atoms with E-state index in [2.05, 4.69) is 10.3 Å². The fraction of sp³-hybridized carbons (Fsp3) is 0.0800. The Bertz CT molecular complexity index is 1220. The second kappa shape index (κ2) is 9.17. The molecule has 4 rings (SSSR count). The molecule has 1 N–H and O–H groups in total. The number of para-hydroxylation sites is 1. The topological polar surface area (TPSA) is 68.3 Å². The molecule has 0 fully saturated rings. The standard InChI is InChI=1S/C25H19FN2O3/c26-19-12-10-17(11-13-19)15-27-24(29)16-31-25(30)21-14-23(18-6-2-1-3-7-18)28-22-9-5-4-8-20(21)22/h1-14H,15-16H2,(H,27,29). The molecule has 0 saturated carbocycles. The van der Waals surface area contributed by atoms with Gasteiger partial charge in [0.05, 0.1) is 16.8 Å². The SMILES string of the molecule is O=C(COC(=O)c1cc(-c2ccccc2)nc2ccccc12)NCc1ccc(F)cc1. The summed E-state index contributed by atoms with van der Waals surface area (Å²) in [4.78, 5) is 29.5. The van der Waals surface area contributed by atoms with Gasteiger partial charge in [-0.2, -0.15) is 0 Å². The lowest BCUT2D eigenvalue weighted by Gasteiger charge is -2.10. The monoisotopic (exact) mass is 414 g/mol. The quantitative estimate of drug-likeness (QED) is 0.471. The summed E-state index contributed by atoms with van der Waals surface area (Å²) in [5.74, 6) is -1.39. The fourth-order valence-corrected chi connectivity index (χ4v) is 3.16. The van der Waals surface area contributed by atoms with Crippen molar-refractivity contribution < 1.29 is 18.7 Å². The molecule has 0 atom stereocenters. The second-order valence-corrected chi connectivity index (χ2v) is 6.92. The van der Waals surface area contributed by atoms with Gasteiger partial charge in [-0.05, 0) is 29.8 Å². The molecule has 0 aliphatic carbocycles. The third kappa shape index (κ3) is 4.93. The van der Waals surface area contributed by atoms with Gasteiger partial charge in [0.1, 0.15) is 5.82 Å². The first-order chi connectivity index (χ1) is 15.1. The van der Waals surface area contributed by atoms with Gasteiger partial charge in [0.15, 0.2) is 6.61 Å². The number of benzene rings is 3. The average Bonchev–Trinajstić information content (AvgIpc) is 2.82. The number of carbonyl (C=O) groups is 2. The van der Waals surface area contributed by atoms with Crippen molar-refractivity contribution in [3.05, 3.63) is 102 Å². The Kier molecular flexibility index (Phi) is 5.98. The van der Waals surface area contributed by atoms with Crippen molar-refractivity contribution in [3.8, 4) is 11.3 Å². The van der Waals surface area contributed by atoms with Crippen LogP contribution in [-0.4, -0.2) is 23.5 Å². The number of carbonyl (C=O) groups excluding carboxylic acids is 2. The molecule has 0 aliphatic heterocycles. The van der Waals surface area contributed by atoms with Crippen LogP contribution in [0.2, 0.25) is 0 Å². The zero-order valence-corrected chi connectivity index (χ0v) is 16.5. The van der Waals surface area contributed by atoms with E-state index < -0.39 is 18.5 Å². The number of amides is 1. The molecule has 3 aromatic carbocycles. The van der Waals surface area contributed by atoms with Crippen molar-refractivity contribution in [1.82, 2.24) is 10.3 Å². The largest absolute Gasteiger partial charge is 0.452 e. The fourth-order valence-electron chi connectivity index (χ4n) is 3.16. The normalized spacial score (nSPS) is 10.6. The minimum absolute atomic E-state index is 0.215. The lowest BCUT2D eigenvalue weighted by molar-refractivity contribution is -0.124. The lowest BCUT2D eigenvalue weighted by Crippen LogP contribution is -2.28. The van der Waals surface area contributed by atoms with Crippen LogP contribution in [0.4, 0.5) is 4.39 Å². The Morgan fingerprint density at radius 3 is 2.39 bits per heavy atom. The van der Waals surface area contributed by atoms with E-state index in [0.29, 0.717) is 22.2 Å². The molecular weight excluding hydrogens is 395 g/mol. The van der Waals surface area contributed by atoms with Crippen molar-refractivity contribution >= 4 is 22.8 Å². The third-order valence-electron chi connectivity index (χ3n) is 4.74. The molecule has 1 amide bonds. The summed E-state index contributed by atoms with van der Waals surface area (Å²) in [5.41, 5.74) is 3.27. The van der Waals surface area contributed by atoms with E-state index in [1.54, 1.807) is 24.3 Å². The van der Waals surface area contributed by atoms with Crippen LogP contribution in [0.3, 0.4) is 0 Å². The molecule has 6 heteroatoms. The van der Waals surface area contributed by atoms with Crippen LogP contribution in [-0.2, 0) is 16.1 Å². The third-order valence-corrected chi connectivity index (χ3v) is 4.74. The van der Waals surface area contributed by atoms with Crippen molar-refractivity contribution in [2.24, 2.45) is 0 Å². The van der Waals surface area contributed by atoms with Gasteiger partial charge in [-0.25, -0.2) is 14.2 Å². The molecule has 31 heavy (non-hydrogen) atoms. The highest BCUT2D eigenvalue weighted by Gasteiger charge is 2.16. The number of rotatable bonds is 6. The van der Waals surface area contributed by atoms with Crippen LogP contribution in [0.15, 0.2) is 84.9 Å². The molecular formula is C25H19FN2O3. The summed E-state index contributed by atoms with van der Waals surface area (Å²) in [7, 11) is 0. The summed E-state index contributed by atoms with van der Waals surface area (Å²) in [5, 5.41) is 3.30. The van der Waals surface area contributed by atoms with Gasteiger partial charge in [0.25, 0.3) is 5.91 Å². The van der Waals surface area contributed by atoms with Crippen LogP contribution in [0.5, 0.6) is 0 Å². The maximum Gasteiger partial charge on any atom is 0.339 e. The van der Waals surface area contributed by atoms with Gasteiger partial charge < -0.3 is 10.1 Å². The van der Waals surface area contributed by atoms with E-state index >= 15 is 0 Å². The predicted molar refractivity (Wildman–Crippen MR) is 116 cm³/mol. The molecule has 4 aromatic rings. The van der Waals surface area contributed by atoms with Gasteiger partial charge >= 0.3 is 5.97 Å². The highest BCUT2D eigenvalue weighted by atomic mass is 19.1. The minimum Gasteiger partial charge on any atom is -0.452 e. The van der Waals surface area contributed by atoms with E-state index in [-0.39, 0.29) is 12.4 Å². The Hall–Kier alpha value is -4.06. The van der Waals surface area contributed by atoms with Crippen LogP contribution in [0.25, 0.3) is 22.2 Å². The molecule has 0 unspecified atom stereocenters. The van der Waals surface area contributed by atoms with E-state index in [4.69, 9.17) is 4.74 Å². The number of nitrogens with zero attached hydrogens (tertiary/aromatic N) is 1. The summed E-state index contributed by atoms with van der Waals surface area (Å²) >= 11 is 0. The number of pyridine rings is 1. The Morgan fingerprint density at radius 2 is 1.61 bits per heavy atom. The molecule has 0 radical (unpaired) electrons. The molecule has 154 valence electrons. The van der Waals surface area contributed by atoms with Crippen molar-refractivity contribution in [1.29, 1.82) is 0 Å². The first kappa shape index (κ1) is 20.2. The Labute approximate surface area is 178 Å². The van der Waals surface area contributed by atoms with Gasteiger partial charge in [0.2, 0.25) is 0 Å². The number of fused-ring (bicyclic) bond motifs is 1. The van der Waals surface area contributed by atoms with Gasteiger partial charge in [-0.3, -0.25) is 4.79 Å². The number of halogens is 1. The molecule has 1 aromatic heterocycles. The highest BCUT2D eigenvalue weighted by Crippen LogP contribution is 2.25. The molecule has 1 heterocycles. The van der Waals surface area contributed by atoms with Gasteiger partial charge in [-0.15, -0.1) is 0 Å². The van der Waals surface area contributed by atoms with Gasteiger partial charge in [0, 0.05) is 17.5 Å². The summed E-state index contributed by atoms with van der Waals surface area (Å²) in [6.45, 7) is -0.204. The molecule has 0 saturated heterocycles. The van der Waals surface area contributed by atoms with Crippen molar-refractivity contribution in [3.63, 3.8) is 0 Å². The van der Waals surface area contributed by atoms with E-state index in [1.807, 2.05) is 48.5 Å². The number of aromatic nitrogens is 1. The number of hydrogen-bond acceptors (Lipinski definition) is 4. The Balaban J connectivity index is 1.48. The van der Waals surface area contributed by atoms with E-state index in [9.17, 15) is 14.0 Å². The number of ether oxygens (including phenoxy) is 1. The van der Waals surface area contributed by atoms with Crippen molar-refractivity contribution in [2.75, 3.05) is 6.61 Å². The van der Waals surface area contributed by atoms with Gasteiger partial charge in [-0.1, -0.05) is 60.7 Å². The smallest absolute Gasteiger partial charge is 0.339 e. The summed E-state index contributed by atoms with van der Waals surface area (Å²) in [6, 6.07) is 24.3. The number of esters is 1. The maximum absolute atomic E-state index is 13.0. The molecule has 0 bridgehead atoms. The number of nitrogens with one attached hydrogen (secondary N) is 1. The molecule has 0 spiro atoms. The lowest BCUT2D eigenvalue weighted by atomic mass is 10.0. The van der Waals surface area contributed by atoms with E-state index in [1.165, 1.54) is 12.1 Å². The summed E-state index contributed by atoms with van der Waals surface area (Å²) < 4.78 is 18.2. The number of hydrogen-bond donors (Lipinski definition) is 1. The zero-order chi connectivity index (χ0) is 21.6. The molecule has 5 nitrogen and oxygen atoms in total. The second-order valence-electron chi connectivity index (χ2n) is 6.92. The highest BCUT2D eigenvalue weighted by molar-refractivity contribution is 6.05. The van der Waals surface area contributed by atoms with Crippen LogP contribution < -0.4 is 5.32 Å². The van der Waals surface area contributed by atoms with E-state index in [0.717, 1.165) is 11.1 Å². The maximum atomic E-state index is 13.0. The van der Waals surface area contributed by atoms with Crippen LogP contribution in [0, 0.1) is 5.82 Å². The Morgan fingerprint density at radius 1 is 0.903 bits per heavy atom. The van der Waals surface area contributed by atoms with Crippen LogP contribution >= 0.6 is 0 Å². The van der Waals surface area contributed by atoms with Crippen molar-refractivity contribution in [2.45, 2.75) is 6.54 Å². The van der Waals surface area contributed by atoms with Crippen LogP contribution in [0.1, 0.15) is 15.9 Å². The molecule has 0 aliphatic rings. The first-order valence-electron chi connectivity index (χ1n) is 9.73.